The number of carbonyl (C=O) groups is 1. The molecule has 0 saturated carbocycles. The number of aryl methyl sites for hydroxylation is 1. The lowest BCUT2D eigenvalue weighted by atomic mass is 9.92. The number of amides is 2. The zero-order valence-corrected chi connectivity index (χ0v) is 16.6. The fourth-order valence-electron chi connectivity index (χ4n) is 3.47. The number of carbonyl (C=O) groups excluding carboxylic acids is 1. The maximum Gasteiger partial charge on any atom is 0.321 e. The Balaban J connectivity index is 1.42. The van der Waals surface area contributed by atoms with Crippen molar-refractivity contribution in [2.75, 3.05) is 25.0 Å². The van der Waals surface area contributed by atoms with E-state index in [4.69, 9.17) is 0 Å². The minimum absolute atomic E-state index is 0.0841. The first-order valence-corrected chi connectivity index (χ1v) is 10.7. The summed E-state index contributed by atoms with van der Waals surface area (Å²) >= 11 is 3.26. The van der Waals surface area contributed by atoms with Gasteiger partial charge in [0.2, 0.25) is 0 Å². The van der Waals surface area contributed by atoms with Gasteiger partial charge in [-0.1, -0.05) is 0 Å². The van der Waals surface area contributed by atoms with E-state index < -0.39 is 0 Å². The van der Waals surface area contributed by atoms with Crippen LogP contribution in [0.25, 0.3) is 10.6 Å². The number of aliphatic hydroxyl groups excluding tert-OH is 1. The van der Waals surface area contributed by atoms with Gasteiger partial charge in [-0.2, -0.15) is 11.3 Å². The quantitative estimate of drug-likeness (QED) is 0.682. The molecule has 0 radical (unpaired) electrons. The number of aliphatic hydroxyl groups is 1. The van der Waals surface area contributed by atoms with Gasteiger partial charge < -0.3 is 15.3 Å². The summed E-state index contributed by atoms with van der Waals surface area (Å²) in [6.45, 7) is 3.27. The first-order valence-electron chi connectivity index (χ1n) is 8.85. The zero-order chi connectivity index (χ0) is 18.8. The van der Waals surface area contributed by atoms with Crippen LogP contribution >= 0.6 is 22.7 Å². The lowest BCUT2D eigenvalue weighted by Gasteiger charge is -2.17. The van der Waals surface area contributed by atoms with Crippen LogP contribution in [0.2, 0.25) is 0 Å². The van der Waals surface area contributed by atoms with Gasteiger partial charge in [-0.05, 0) is 53.6 Å². The van der Waals surface area contributed by atoms with E-state index in [0.717, 1.165) is 22.0 Å². The van der Waals surface area contributed by atoms with Crippen LogP contribution in [0.1, 0.15) is 17.2 Å². The van der Waals surface area contributed by atoms with E-state index in [1.54, 1.807) is 27.6 Å². The van der Waals surface area contributed by atoms with Crippen molar-refractivity contribution in [3.63, 3.8) is 0 Å². The van der Waals surface area contributed by atoms with Crippen LogP contribution in [-0.2, 0) is 0 Å². The molecule has 0 spiro atoms. The molecule has 2 N–H and O–H groups in total. The molecule has 0 unspecified atom stereocenters. The molecule has 1 aliphatic rings. The molecule has 27 heavy (non-hydrogen) atoms. The van der Waals surface area contributed by atoms with Crippen molar-refractivity contribution < 1.29 is 9.90 Å². The average molecular weight is 400 g/mol. The lowest BCUT2D eigenvalue weighted by molar-refractivity contribution is 0.207. The smallest absolute Gasteiger partial charge is 0.321 e. The SMILES string of the molecule is Cc1csc(-c2ccc(NC(=O)N3C[C@@H](CO)[C@H](c4ccsc4)C3)cc2)n1. The molecule has 7 heteroatoms. The topological polar surface area (TPSA) is 65.5 Å². The number of benzene rings is 1. The molecule has 2 aromatic heterocycles. The van der Waals surface area contributed by atoms with Gasteiger partial charge in [0.05, 0.1) is 0 Å². The fourth-order valence-corrected chi connectivity index (χ4v) is 5.00. The van der Waals surface area contributed by atoms with Crippen molar-refractivity contribution in [2.45, 2.75) is 12.8 Å². The number of thiophene rings is 1. The number of urea groups is 1. The van der Waals surface area contributed by atoms with Crippen molar-refractivity contribution in [1.82, 2.24) is 9.88 Å². The van der Waals surface area contributed by atoms with Gasteiger partial charge in [0.1, 0.15) is 5.01 Å². The summed E-state index contributed by atoms with van der Waals surface area (Å²) in [6.07, 6.45) is 0. The third-order valence-corrected chi connectivity index (χ3v) is 6.65. The maximum atomic E-state index is 12.7. The Labute approximate surface area is 166 Å². The molecule has 3 aromatic rings. The van der Waals surface area contributed by atoms with Crippen LogP contribution in [0.3, 0.4) is 0 Å². The van der Waals surface area contributed by atoms with E-state index >= 15 is 0 Å². The largest absolute Gasteiger partial charge is 0.396 e. The minimum Gasteiger partial charge on any atom is -0.396 e. The summed E-state index contributed by atoms with van der Waals surface area (Å²) in [4.78, 5) is 19.0. The van der Waals surface area contributed by atoms with E-state index in [9.17, 15) is 9.90 Å². The van der Waals surface area contributed by atoms with Crippen LogP contribution in [0, 0.1) is 12.8 Å². The van der Waals surface area contributed by atoms with Gasteiger partial charge in [-0.3, -0.25) is 0 Å². The van der Waals surface area contributed by atoms with E-state index in [-0.39, 0.29) is 24.5 Å². The normalized spacial score (nSPS) is 19.4. The second kappa shape index (κ2) is 7.80. The van der Waals surface area contributed by atoms with Gasteiger partial charge in [0.15, 0.2) is 0 Å². The first kappa shape index (κ1) is 18.2. The number of nitrogens with zero attached hydrogens (tertiary/aromatic N) is 2. The van der Waals surface area contributed by atoms with Crippen molar-refractivity contribution in [3.8, 4) is 10.6 Å². The number of anilines is 1. The van der Waals surface area contributed by atoms with Crippen LogP contribution in [0.4, 0.5) is 10.5 Å². The molecule has 2 amide bonds. The molecular weight excluding hydrogens is 378 g/mol. The van der Waals surface area contributed by atoms with E-state index in [1.165, 1.54) is 5.56 Å². The van der Waals surface area contributed by atoms with E-state index in [2.05, 4.69) is 21.7 Å². The molecule has 5 nitrogen and oxygen atoms in total. The summed E-state index contributed by atoms with van der Waals surface area (Å²) < 4.78 is 0. The Morgan fingerprint density at radius 3 is 2.70 bits per heavy atom. The highest BCUT2D eigenvalue weighted by Crippen LogP contribution is 2.34. The summed E-state index contributed by atoms with van der Waals surface area (Å²) in [5.41, 5.74) is 4.03. The van der Waals surface area contributed by atoms with E-state index in [0.29, 0.717) is 13.1 Å². The molecular formula is C20H21N3O2S2. The number of rotatable bonds is 4. The highest BCUT2D eigenvalue weighted by Gasteiger charge is 2.35. The Hall–Kier alpha value is -2.22. The highest BCUT2D eigenvalue weighted by molar-refractivity contribution is 7.13. The Morgan fingerprint density at radius 2 is 2.07 bits per heavy atom. The van der Waals surface area contributed by atoms with Crippen molar-refractivity contribution in [1.29, 1.82) is 0 Å². The molecule has 1 fully saturated rings. The molecule has 140 valence electrons. The predicted molar refractivity (Wildman–Crippen MR) is 111 cm³/mol. The Morgan fingerprint density at radius 1 is 1.26 bits per heavy atom. The molecule has 2 atom stereocenters. The molecule has 0 aliphatic carbocycles. The summed E-state index contributed by atoms with van der Waals surface area (Å²) in [5.74, 6) is 0.281. The molecule has 1 aromatic carbocycles. The van der Waals surface area contributed by atoms with Gasteiger partial charge in [0.25, 0.3) is 0 Å². The number of aromatic nitrogens is 1. The molecule has 1 saturated heterocycles. The number of hydrogen-bond acceptors (Lipinski definition) is 5. The number of hydrogen-bond donors (Lipinski definition) is 2. The second-order valence-electron chi connectivity index (χ2n) is 6.81. The van der Waals surface area contributed by atoms with Crippen LogP contribution in [-0.4, -0.2) is 40.7 Å². The molecule has 3 heterocycles. The molecule has 0 bridgehead atoms. The van der Waals surface area contributed by atoms with Crippen molar-refractivity contribution in [2.24, 2.45) is 5.92 Å². The van der Waals surface area contributed by atoms with E-state index in [1.807, 2.05) is 41.9 Å². The summed E-state index contributed by atoms with van der Waals surface area (Å²) in [5, 5.41) is 19.8. The monoisotopic (exact) mass is 399 g/mol. The fraction of sp³-hybridized carbons (Fsp3) is 0.300. The number of thiazole rings is 1. The number of likely N-dealkylation sites (tertiary alicyclic amines) is 1. The predicted octanol–water partition coefficient (Wildman–Crippen LogP) is 4.42. The molecule has 4 rings (SSSR count). The second-order valence-corrected chi connectivity index (χ2v) is 8.45. The lowest BCUT2D eigenvalue weighted by Crippen LogP contribution is -2.33. The van der Waals surface area contributed by atoms with Crippen molar-refractivity contribution in [3.05, 3.63) is 57.7 Å². The van der Waals surface area contributed by atoms with Gasteiger partial charge in [0, 0.05) is 53.9 Å². The maximum absolute atomic E-state index is 12.7. The third-order valence-electron chi connectivity index (χ3n) is 4.94. The van der Waals surface area contributed by atoms with Gasteiger partial charge >= 0.3 is 6.03 Å². The Bertz CT molecular complexity index is 906. The van der Waals surface area contributed by atoms with Crippen LogP contribution in [0.5, 0.6) is 0 Å². The van der Waals surface area contributed by atoms with Gasteiger partial charge in [-0.25, -0.2) is 9.78 Å². The molecule has 1 aliphatic heterocycles. The Kier molecular flexibility index (Phi) is 5.24. The van der Waals surface area contributed by atoms with Gasteiger partial charge in [-0.15, -0.1) is 11.3 Å². The standard InChI is InChI=1S/C20H21N3O2S2/c1-13-11-27-19(21-13)14-2-4-17(5-3-14)22-20(25)23-8-16(10-24)18(9-23)15-6-7-26-12-15/h2-7,11-12,16,18,24H,8-10H2,1H3,(H,22,25)/t16-,18-/m0/s1. The third kappa shape index (κ3) is 3.90. The highest BCUT2D eigenvalue weighted by atomic mass is 32.1. The van der Waals surface area contributed by atoms with Crippen LogP contribution < -0.4 is 5.32 Å². The van der Waals surface area contributed by atoms with Crippen molar-refractivity contribution >= 4 is 34.4 Å². The minimum atomic E-state index is -0.121. The summed E-state index contributed by atoms with van der Waals surface area (Å²) in [6, 6.07) is 9.72. The number of nitrogens with one attached hydrogen (secondary N) is 1. The first-order chi connectivity index (χ1) is 13.1. The zero-order valence-electron chi connectivity index (χ0n) is 15.0. The average Bonchev–Trinajstić information content (AvgIpc) is 3.42. The van der Waals surface area contributed by atoms with Crippen LogP contribution in [0.15, 0.2) is 46.5 Å². The summed E-state index contributed by atoms with van der Waals surface area (Å²) in [7, 11) is 0.